The number of hydrogen-bond donors (Lipinski definition) is 2. The third kappa shape index (κ3) is 4.21. The van der Waals surface area contributed by atoms with Gasteiger partial charge in [-0.2, -0.15) is 0 Å². The predicted octanol–water partition coefficient (Wildman–Crippen LogP) is 3.16. The van der Waals surface area contributed by atoms with Crippen molar-refractivity contribution >= 4 is 33.3 Å². The highest BCUT2D eigenvalue weighted by molar-refractivity contribution is 7.90. The molecule has 0 aliphatic heterocycles. The van der Waals surface area contributed by atoms with Crippen molar-refractivity contribution in [2.75, 3.05) is 5.32 Å². The van der Waals surface area contributed by atoms with Crippen molar-refractivity contribution in [2.24, 2.45) is 0 Å². The van der Waals surface area contributed by atoms with Crippen LogP contribution in [0.4, 0.5) is 10.5 Å². The second kappa shape index (κ2) is 6.15. The quantitative estimate of drug-likeness (QED) is 0.910. The van der Waals surface area contributed by atoms with Gasteiger partial charge in [0.1, 0.15) is 0 Å². The molecule has 2 N–H and O–H groups in total. The Morgan fingerprint density at radius 3 is 2.14 bits per heavy atom. The number of halogens is 1. The predicted molar refractivity (Wildman–Crippen MR) is 82.0 cm³/mol. The van der Waals surface area contributed by atoms with Crippen molar-refractivity contribution in [3.8, 4) is 0 Å². The summed E-state index contributed by atoms with van der Waals surface area (Å²) in [7, 11) is -3.93. The summed E-state index contributed by atoms with van der Waals surface area (Å²) in [4.78, 5) is 11.7. The van der Waals surface area contributed by atoms with Gasteiger partial charge in [-0.15, -0.1) is 0 Å². The number of benzene rings is 2. The molecule has 21 heavy (non-hydrogen) atoms. The molecule has 2 aromatic rings. The van der Waals surface area contributed by atoms with E-state index < -0.39 is 16.1 Å². The van der Waals surface area contributed by atoms with E-state index in [1.165, 1.54) is 24.3 Å². The lowest BCUT2D eigenvalue weighted by Gasteiger charge is -2.09. The van der Waals surface area contributed by atoms with Crippen LogP contribution in [0.25, 0.3) is 0 Å². The molecule has 0 aliphatic carbocycles. The summed E-state index contributed by atoms with van der Waals surface area (Å²) in [6.07, 6.45) is 0. The van der Waals surface area contributed by atoms with E-state index in [1.54, 1.807) is 12.1 Å². The SMILES string of the molecule is Cc1ccc(NC(=O)NS(=O)(=O)c2ccc(Cl)cc2)cc1. The highest BCUT2D eigenvalue weighted by atomic mass is 35.5. The van der Waals surface area contributed by atoms with E-state index in [0.29, 0.717) is 10.7 Å². The Hall–Kier alpha value is -2.05. The Labute approximate surface area is 128 Å². The van der Waals surface area contributed by atoms with E-state index in [0.717, 1.165) is 5.56 Å². The van der Waals surface area contributed by atoms with Gasteiger partial charge in [0.2, 0.25) is 0 Å². The van der Waals surface area contributed by atoms with Gasteiger partial charge in [0.25, 0.3) is 10.0 Å². The molecule has 0 saturated heterocycles. The fourth-order valence-electron chi connectivity index (χ4n) is 1.59. The van der Waals surface area contributed by atoms with Crippen LogP contribution in [0.5, 0.6) is 0 Å². The van der Waals surface area contributed by atoms with Crippen LogP contribution in [-0.4, -0.2) is 14.4 Å². The van der Waals surface area contributed by atoms with Crippen LogP contribution >= 0.6 is 11.6 Å². The van der Waals surface area contributed by atoms with Crippen LogP contribution in [0.2, 0.25) is 5.02 Å². The van der Waals surface area contributed by atoms with Gasteiger partial charge >= 0.3 is 6.03 Å². The molecule has 0 heterocycles. The molecule has 0 saturated carbocycles. The molecule has 2 rings (SSSR count). The number of hydrogen-bond acceptors (Lipinski definition) is 3. The zero-order chi connectivity index (χ0) is 15.5. The first-order chi connectivity index (χ1) is 9.87. The van der Waals surface area contributed by atoms with Crippen LogP contribution in [0.1, 0.15) is 5.56 Å². The number of amides is 2. The van der Waals surface area contributed by atoms with E-state index in [1.807, 2.05) is 23.8 Å². The van der Waals surface area contributed by atoms with E-state index in [4.69, 9.17) is 11.6 Å². The minimum atomic E-state index is -3.93. The maximum atomic E-state index is 12.0. The lowest BCUT2D eigenvalue weighted by molar-refractivity contribution is 0.256. The Morgan fingerprint density at radius 2 is 1.57 bits per heavy atom. The number of aryl methyl sites for hydroxylation is 1. The van der Waals surface area contributed by atoms with Gasteiger partial charge < -0.3 is 5.32 Å². The third-order valence-corrected chi connectivity index (χ3v) is 4.26. The highest BCUT2D eigenvalue weighted by Gasteiger charge is 2.17. The molecule has 0 atom stereocenters. The number of nitrogens with one attached hydrogen (secondary N) is 2. The smallest absolute Gasteiger partial charge is 0.307 e. The largest absolute Gasteiger partial charge is 0.333 e. The van der Waals surface area contributed by atoms with Gasteiger partial charge in [0, 0.05) is 10.7 Å². The summed E-state index contributed by atoms with van der Waals surface area (Å²) >= 11 is 5.69. The van der Waals surface area contributed by atoms with Crippen LogP contribution < -0.4 is 10.0 Å². The van der Waals surface area contributed by atoms with Crippen molar-refractivity contribution < 1.29 is 13.2 Å². The van der Waals surface area contributed by atoms with Crippen LogP contribution in [0, 0.1) is 6.92 Å². The molecule has 0 fully saturated rings. The third-order valence-electron chi connectivity index (χ3n) is 2.66. The van der Waals surface area contributed by atoms with Gasteiger partial charge in [-0.1, -0.05) is 29.3 Å². The first kappa shape index (κ1) is 15.3. The number of carbonyl (C=O) groups excluding carboxylic acids is 1. The molecule has 110 valence electrons. The summed E-state index contributed by atoms with van der Waals surface area (Å²) in [5, 5.41) is 2.87. The zero-order valence-corrected chi connectivity index (χ0v) is 12.7. The second-order valence-electron chi connectivity index (χ2n) is 4.38. The number of rotatable bonds is 3. The molecule has 0 spiro atoms. The first-order valence-corrected chi connectivity index (χ1v) is 7.89. The monoisotopic (exact) mass is 324 g/mol. The normalized spacial score (nSPS) is 11.0. The molecule has 5 nitrogen and oxygen atoms in total. The maximum Gasteiger partial charge on any atom is 0.333 e. The molecule has 2 amide bonds. The van der Waals surface area contributed by atoms with E-state index in [9.17, 15) is 13.2 Å². The summed E-state index contributed by atoms with van der Waals surface area (Å²) in [6.45, 7) is 1.91. The standard InChI is InChI=1S/C14H13ClN2O3S/c1-10-2-6-12(7-3-10)16-14(18)17-21(19,20)13-8-4-11(15)5-9-13/h2-9H,1H3,(H2,16,17,18). The lowest BCUT2D eigenvalue weighted by Crippen LogP contribution is -2.34. The van der Waals surface area contributed by atoms with Gasteiger partial charge in [-0.05, 0) is 43.3 Å². The first-order valence-electron chi connectivity index (χ1n) is 6.03. The van der Waals surface area contributed by atoms with E-state index in [-0.39, 0.29) is 4.90 Å². The van der Waals surface area contributed by atoms with Crippen molar-refractivity contribution in [1.29, 1.82) is 0 Å². The number of urea groups is 1. The van der Waals surface area contributed by atoms with Crippen molar-refractivity contribution in [3.05, 3.63) is 59.1 Å². The molecular formula is C14H13ClN2O3S. The molecule has 7 heteroatoms. The average molecular weight is 325 g/mol. The van der Waals surface area contributed by atoms with E-state index >= 15 is 0 Å². The molecule has 0 aromatic heterocycles. The summed E-state index contributed by atoms with van der Waals surface area (Å²) in [5.74, 6) is 0. The fourth-order valence-corrected chi connectivity index (χ4v) is 2.62. The van der Waals surface area contributed by atoms with Gasteiger partial charge in [-0.3, -0.25) is 0 Å². The highest BCUT2D eigenvalue weighted by Crippen LogP contribution is 2.14. The topological polar surface area (TPSA) is 75.3 Å². The Balaban J connectivity index is 2.07. The van der Waals surface area contributed by atoms with Crippen LogP contribution in [-0.2, 0) is 10.0 Å². The lowest BCUT2D eigenvalue weighted by atomic mass is 10.2. The number of sulfonamides is 1. The fraction of sp³-hybridized carbons (Fsp3) is 0.0714. The molecule has 2 aromatic carbocycles. The minimum Gasteiger partial charge on any atom is -0.307 e. The second-order valence-corrected chi connectivity index (χ2v) is 6.50. The Bertz CT molecular complexity index is 741. The van der Waals surface area contributed by atoms with Crippen LogP contribution in [0.3, 0.4) is 0 Å². The summed E-state index contributed by atoms with van der Waals surface area (Å²) < 4.78 is 25.9. The van der Waals surface area contributed by atoms with Crippen molar-refractivity contribution in [1.82, 2.24) is 4.72 Å². The average Bonchev–Trinajstić information content (AvgIpc) is 2.41. The van der Waals surface area contributed by atoms with Crippen LogP contribution in [0.15, 0.2) is 53.4 Å². The number of anilines is 1. The molecule has 0 radical (unpaired) electrons. The molecule has 0 aliphatic rings. The zero-order valence-electron chi connectivity index (χ0n) is 11.1. The summed E-state index contributed by atoms with van der Waals surface area (Å²) in [5.41, 5.74) is 1.54. The van der Waals surface area contributed by atoms with Gasteiger partial charge in [-0.25, -0.2) is 17.9 Å². The minimum absolute atomic E-state index is 0.0362. The van der Waals surface area contributed by atoms with Gasteiger partial charge in [0.15, 0.2) is 0 Å². The van der Waals surface area contributed by atoms with Gasteiger partial charge in [0.05, 0.1) is 4.90 Å². The number of carbonyl (C=O) groups is 1. The summed E-state index contributed by atoms with van der Waals surface area (Å²) in [6, 6.07) is 11.7. The van der Waals surface area contributed by atoms with E-state index in [2.05, 4.69) is 5.32 Å². The maximum absolute atomic E-state index is 12.0. The molecule has 0 unspecified atom stereocenters. The Kier molecular flexibility index (Phi) is 4.50. The molecular weight excluding hydrogens is 312 g/mol. The Morgan fingerprint density at radius 1 is 1.00 bits per heavy atom. The van der Waals surface area contributed by atoms with Crippen molar-refractivity contribution in [3.63, 3.8) is 0 Å². The molecule has 0 bridgehead atoms. The van der Waals surface area contributed by atoms with Crippen molar-refractivity contribution in [2.45, 2.75) is 11.8 Å².